The summed E-state index contributed by atoms with van der Waals surface area (Å²) >= 11 is 0. The molecule has 0 saturated carbocycles. The number of aldehydes is 1. The highest BCUT2D eigenvalue weighted by Crippen LogP contribution is 2.50. The maximum Gasteiger partial charge on any atom is 0.231 e. The van der Waals surface area contributed by atoms with Crippen molar-refractivity contribution >= 4 is 14.6 Å². The number of fused-ring (bicyclic) bond motifs is 1. The Labute approximate surface area is 190 Å². The number of ether oxygens (including phenoxy) is 5. The summed E-state index contributed by atoms with van der Waals surface area (Å²) in [4.78, 5) is 12.0. The maximum atomic E-state index is 12.0. The molecule has 174 valence electrons. The third-order valence-corrected chi connectivity index (χ3v) is 10.7. The molecule has 0 aliphatic carbocycles. The van der Waals surface area contributed by atoms with Crippen LogP contribution in [0.4, 0.5) is 0 Å². The van der Waals surface area contributed by atoms with Crippen molar-refractivity contribution in [1.82, 2.24) is 0 Å². The molecular weight excluding hydrogens is 428 g/mol. The van der Waals surface area contributed by atoms with E-state index in [0.29, 0.717) is 52.0 Å². The third kappa shape index (κ3) is 4.29. The smallest absolute Gasteiger partial charge is 0.231 e. The zero-order valence-corrected chi connectivity index (χ0v) is 21.1. The second-order valence-corrected chi connectivity index (χ2v) is 13.9. The van der Waals surface area contributed by atoms with Crippen molar-refractivity contribution in [2.24, 2.45) is 0 Å². The predicted molar refractivity (Wildman–Crippen MR) is 125 cm³/mol. The van der Waals surface area contributed by atoms with Gasteiger partial charge in [0.25, 0.3) is 0 Å². The van der Waals surface area contributed by atoms with Crippen LogP contribution in [0.5, 0.6) is 28.7 Å². The molecule has 0 unspecified atom stereocenters. The van der Waals surface area contributed by atoms with Crippen molar-refractivity contribution in [1.29, 1.82) is 0 Å². The van der Waals surface area contributed by atoms with E-state index in [-0.39, 0.29) is 11.8 Å². The highest BCUT2D eigenvalue weighted by atomic mass is 28.4. The molecule has 0 radical (unpaired) electrons. The molecule has 1 heterocycles. The van der Waals surface area contributed by atoms with Gasteiger partial charge < -0.3 is 28.1 Å². The molecule has 32 heavy (non-hydrogen) atoms. The molecule has 2 aromatic rings. The van der Waals surface area contributed by atoms with Gasteiger partial charge in [-0.2, -0.15) is 0 Å². The quantitative estimate of drug-likeness (QED) is 0.383. The maximum absolute atomic E-state index is 12.0. The number of rotatable bonds is 8. The molecule has 0 atom stereocenters. The van der Waals surface area contributed by atoms with Crippen LogP contribution in [-0.2, 0) is 11.0 Å². The van der Waals surface area contributed by atoms with Gasteiger partial charge in [0.1, 0.15) is 0 Å². The largest absolute Gasteiger partial charge is 0.493 e. The first-order valence-electron chi connectivity index (χ1n) is 10.4. The Morgan fingerprint density at radius 1 is 0.969 bits per heavy atom. The fourth-order valence-corrected chi connectivity index (χ4v) is 4.31. The van der Waals surface area contributed by atoms with E-state index < -0.39 is 8.32 Å². The molecule has 0 spiro atoms. The Kier molecular flexibility index (Phi) is 6.76. The molecule has 1 aliphatic heterocycles. The van der Waals surface area contributed by atoms with E-state index in [2.05, 4.69) is 33.9 Å². The van der Waals surface area contributed by atoms with Gasteiger partial charge in [-0.1, -0.05) is 20.8 Å². The van der Waals surface area contributed by atoms with Crippen molar-refractivity contribution < 1.29 is 32.9 Å². The molecule has 3 rings (SSSR count). The van der Waals surface area contributed by atoms with Gasteiger partial charge in [0.15, 0.2) is 37.6 Å². The molecule has 8 heteroatoms. The summed E-state index contributed by atoms with van der Waals surface area (Å²) in [7, 11) is 2.64. The van der Waals surface area contributed by atoms with Gasteiger partial charge in [0.05, 0.1) is 27.9 Å². The lowest BCUT2D eigenvalue weighted by Crippen LogP contribution is -2.40. The minimum atomic E-state index is -2.05. The van der Waals surface area contributed by atoms with Gasteiger partial charge in [0, 0.05) is 16.7 Å². The van der Waals surface area contributed by atoms with Crippen LogP contribution in [0, 0.1) is 0 Å². The zero-order chi connectivity index (χ0) is 23.7. The van der Waals surface area contributed by atoms with Gasteiger partial charge in [-0.15, -0.1) is 0 Å². The summed E-state index contributed by atoms with van der Waals surface area (Å²) in [5.41, 5.74) is 2.62. The number of methoxy groups -OCH3 is 3. The lowest BCUT2D eigenvalue weighted by Gasteiger charge is -2.36. The summed E-state index contributed by atoms with van der Waals surface area (Å²) in [6.45, 7) is 11.4. The van der Waals surface area contributed by atoms with Crippen molar-refractivity contribution in [3.63, 3.8) is 0 Å². The first-order chi connectivity index (χ1) is 15.1. The van der Waals surface area contributed by atoms with E-state index in [1.807, 2.05) is 6.07 Å². The van der Waals surface area contributed by atoms with Crippen LogP contribution in [0.2, 0.25) is 18.1 Å². The fourth-order valence-electron chi connectivity index (χ4n) is 3.36. The Morgan fingerprint density at radius 2 is 1.59 bits per heavy atom. The van der Waals surface area contributed by atoms with Gasteiger partial charge in [-0.05, 0) is 41.9 Å². The normalized spacial score (nSPS) is 13.1. The van der Waals surface area contributed by atoms with Gasteiger partial charge in [0.2, 0.25) is 12.5 Å². The Morgan fingerprint density at radius 3 is 2.12 bits per heavy atom. The van der Waals surface area contributed by atoms with E-state index in [4.69, 9.17) is 28.1 Å². The molecule has 0 aromatic heterocycles. The fraction of sp³-hybridized carbons (Fsp3) is 0.458. The standard InChI is InChI=1S/C24H32O7Si/c1-24(2,3)32(7,8)31-13-16-10-20(26-4)22(27-5)23(28-6)21(16)17-11-19-18(29-14-30-19)9-15(17)12-25/h9-12H,13-14H2,1-8H3. The minimum Gasteiger partial charge on any atom is -0.493 e. The summed E-state index contributed by atoms with van der Waals surface area (Å²) in [6, 6.07) is 5.36. The molecule has 0 fully saturated rings. The van der Waals surface area contributed by atoms with Gasteiger partial charge in [-0.25, -0.2) is 0 Å². The lowest BCUT2D eigenvalue weighted by atomic mass is 9.93. The predicted octanol–water partition coefficient (Wildman–Crippen LogP) is 5.44. The van der Waals surface area contributed by atoms with E-state index in [1.54, 1.807) is 33.5 Å². The van der Waals surface area contributed by atoms with E-state index in [9.17, 15) is 4.79 Å². The topological polar surface area (TPSA) is 72.5 Å². The average Bonchev–Trinajstić information content (AvgIpc) is 3.22. The molecule has 0 N–H and O–H groups in total. The minimum absolute atomic E-state index is 0.0422. The molecule has 7 nitrogen and oxygen atoms in total. The van der Waals surface area contributed by atoms with Crippen LogP contribution in [-0.4, -0.2) is 42.7 Å². The lowest BCUT2D eigenvalue weighted by molar-refractivity contribution is 0.112. The van der Waals surface area contributed by atoms with Crippen LogP contribution in [0.25, 0.3) is 11.1 Å². The van der Waals surface area contributed by atoms with E-state index in [1.165, 1.54) is 0 Å². The van der Waals surface area contributed by atoms with Crippen molar-refractivity contribution in [3.05, 3.63) is 29.3 Å². The molecular formula is C24H32O7Si. The van der Waals surface area contributed by atoms with Crippen LogP contribution in [0.1, 0.15) is 36.7 Å². The number of hydrogen-bond acceptors (Lipinski definition) is 7. The Hall–Kier alpha value is -2.71. The first kappa shape index (κ1) is 23.9. The summed E-state index contributed by atoms with van der Waals surface area (Å²) in [5, 5.41) is 0.0422. The Balaban J connectivity index is 2.25. The number of carbonyl (C=O) groups is 1. The number of hydrogen-bond donors (Lipinski definition) is 0. The van der Waals surface area contributed by atoms with E-state index in [0.717, 1.165) is 11.8 Å². The Bertz CT molecular complexity index is 1010. The van der Waals surface area contributed by atoms with Gasteiger partial charge >= 0.3 is 0 Å². The molecule has 2 aromatic carbocycles. The van der Waals surface area contributed by atoms with E-state index >= 15 is 0 Å². The highest BCUT2D eigenvalue weighted by molar-refractivity contribution is 6.74. The summed E-state index contributed by atoms with van der Waals surface area (Å²) in [5.74, 6) is 2.53. The monoisotopic (exact) mass is 460 g/mol. The van der Waals surface area contributed by atoms with Crippen LogP contribution in [0.15, 0.2) is 18.2 Å². The third-order valence-electron chi connectivity index (χ3n) is 6.25. The van der Waals surface area contributed by atoms with Crippen LogP contribution < -0.4 is 23.7 Å². The summed E-state index contributed by atoms with van der Waals surface area (Å²) < 4.78 is 34.5. The SMILES string of the molecule is COc1cc(CO[Si](C)(C)C(C)(C)C)c(-c2cc3c(cc2C=O)OCO3)c(OC)c1OC. The molecule has 0 saturated heterocycles. The second-order valence-electron chi connectivity index (χ2n) is 9.14. The molecule has 1 aliphatic rings. The molecule has 0 bridgehead atoms. The van der Waals surface area contributed by atoms with Crippen molar-refractivity contribution in [2.75, 3.05) is 28.1 Å². The zero-order valence-electron chi connectivity index (χ0n) is 20.1. The first-order valence-corrected chi connectivity index (χ1v) is 13.3. The second kappa shape index (κ2) is 9.03. The van der Waals surface area contributed by atoms with Crippen LogP contribution >= 0.6 is 0 Å². The number of carbonyl (C=O) groups excluding carboxylic acids is 1. The van der Waals surface area contributed by atoms with Gasteiger partial charge in [-0.3, -0.25) is 4.79 Å². The highest BCUT2D eigenvalue weighted by Gasteiger charge is 2.37. The summed E-state index contributed by atoms with van der Waals surface area (Å²) in [6.07, 6.45) is 0.798. The van der Waals surface area contributed by atoms with Crippen molar-refractivity contribution in [3.8, 4) is 39.9 Å². The average molecular weight is 461 g/mol. The van der Waals surface area contributed by atoms with Crippen molar-refractivity contribution in [2.45, 2.75) is 45.5 Å². The van der Waals surface area contributed by atoms with Crippen LogP contribution in [0.3, 0.4) is 0 Å². The number of benzene rings is 2. The molecule has 0 amide bonds.